The SMILES string of the molecule is CC(NCC1(C)CCCCC1)C(=O)NC(C)(C)C. The smallest absolute Gasteiger partial charge is 0.237 e. The molecule has 18 heavy (non-hydrogen) atoms. The van der Waals surface area contributed by atoms with Crippen LogP contribution >= 0.6 is 0 Å². The van der Waals surface area contributed by atoms with Crippen molar-refractivity contribution in [2.75, 3.05) is 6.54 Å². The highest BCUT2D eigenvalue weighted by atomic mass is 16.2. The number of carbonyl (C=O) groups excluding carboxylic acids is 1. The number of rotatable bonds is 4. The lowest BCUT2D eigenvalue weighted by Crippen LogP contribution is -2.51. The van der Waals surface area contributed by atoms with Gasteiger partial charge in [0, 0.05) is 12.1 Å². The van der Waals surface area contributed by atoms with Crippen LogP contribution in [0.1, 0.15) is 66.7 Å². The normalized spacial score (nSPS) is 21.4. The molecule has 1 aliphatic carbocycles. The summed E-state index contributed by atoms with van der Waals surface area (Å²) in [6, 6.07) is -0.108. The van der Waals surface area contributed by atoms with E-state index >= 15 is 0 Å². The lowest BCUT2D eigenvalue weighted by Gasteiger charge is -2.35. The maximum Gasteiger partial charge on any atom is 0.237 e. The molecule has 0 spiro atoms. The minimum atomic E-state index is -0.151. The first-order valence-electron chi connectivity index (χ1n) is 7.27. The Morgan fingerprint density at radius 3 is 2.28 bits per heavy atom. The van der Waals surface area contributed by atoms with Crippen LogP contribution in [-0.2, 0) is 4.79 Å². The van der Waals surface area contributed by atoms with Crippen molar-refractivity contribution < 1.29 is 4.79 Å². The highest BCUT2D eigenvalue weighted by Crippen LogP contribution is 2.34. The second-order valence-corrected chi connectivity index (χ2v) is 7.21. The van der Waals surface area contributed by atoms with Gasteiger partial charge in [-0.25, -0.2) is 0 Å². The summed E-state index contributed by atoms with van der Waals surface area (Å²) in [6.07, 6.45) is 6.61. The first-order chi connectivity index (χ1) is 8.22. The Bertz CT molecular complexity index is 275. The maximum atomic E-state index is 12.0. The molecular weight excluding hydrogens is 224 g/mol. The fourth-order valence-electron chi connectivity index (χ4n) is 2.55. The molecule has 0 bridgehead atoms. The molecule has 1 unspecified atom stereocenters. The van der Waals surface area contributed by atoms with Crippen LogP contribution in [-0.4, -0.2) is 24.0 Å². The van der Waals surface area contributed by atoms with E-state index in [1.54, 1.807) is 0 Å². The molecule has 1 rings (SSSR count). The van der Waals surface area contributed by atoms with Gasteiger partial charge in [-0.15, -0.1) is 0 Å². The lowest BCUT2D eigenvalue weighted by molar-refractivity contribution is -0.124. The molecule has 2 N–H and O–H groups in total. The second-order valence-electron chi connectivity index (χ2n) is 7.21. The van der Waals surface area contributed by atoms with Crippen molar-refractivity contribution >= 4 is 5.91 Å². The first kappa shape index (κ1) is 15.5. The molecular formula is C15H30N2O. The first-order valence-corrected chi connectivity index (χ1v) is 7.27. The Morgan fingerprint density at radius 1 is 1.22 bits per heavy atom. The Labute approximate surface area is 112 Å². The molecule has 3 heteroatoms. The van der Waals surface area contributed by atoms with Crippen molar-refractivity contribution in [3.05, 3.63) is 0 Å². The van der Waals surface area contributed by atoms with Crippen LogP contribution in [0.5, 0.6) is 0 Å². The van der Waals surface area contributed by atoms with E-state index in [4.69, 9.17) is 0 Å². The summed E-state index contributed by atoms with van der Waals surface area (Å²) >= 11 is 0. The zero-order chi connectivity index (χ0) is 13.8. The van der Waals surface area contributed by atoms with Gasteiger partial charge in [-0.3, -0.25) is 4.79 Å². The van der Waals surface area contributed by atoms with Gasteiger partial charge in [0.2, 0.25) is 5.91 Å². The molecule has 0 heterocycles. The van der Waals surface area contributed by atoms with Crippen molar-refractivity contribution in [2.45, 2.75) is 78.3 Å². The highest BCUT2D eigenvalue weighted by Gasteiger charge is 2.28. The van der Waals surface area contributed by atoms with Gasteiger partial charge in [0.1, 0.15) is 0 Å². The van der Waals surface area contributed by atoms with Gasteiger partial charge in [-0.05, 0) is 46.0 Å². The number of carbonyl (C=O) groups is 1. The molecule has 3 nitrogen and oxygen atoms in total. The molecule has 1 saturated carbocycles. The van der Waals surface area contributed by atoms with Crippen molar-refractivity contribution in [2.24, 2.45) is 5.41 Å². The molecule has 1 atom stereocenters. The van der Waals surface area contributed by atoms with Crippen LogP contribution in [0.4, 0.5) is 0 Å². The zero-order valence-corrected chi connectivity index (χ0v) is 12.7. The predicted octanol–water partition coefficient (Wildman–Crippen LogP) is 2.85. The predicted molar refractivity (Wildman–Crippen MR) is 76.6 cm³/mol. The number of amides is 1. The average molecular weight is 254 g/mol. The molecule has 0 aromatic carbocycles. The Balaban J connectivity index is 2.35. The Hall–Kier alpha value is -0.570. The molecule has 106 valence electrons. The topological polar surface area (TPSA) is 41.1 Å². The second kappa shape index (κ2) is 6.05. The average Bonchev–Trinajstić information content (AvgIpc) is 2.24. The maximum absolute atomic E-state index is 12.0. The monoisotopic (exact) mass is 254 g/mol. The van der Waals surface area contributed by atoms with Crippen LogP contribution in [0, 0.1) is 5.41 Å². The minimum absolute atomic E-state index is 0.0990. The van der Waals surface area contributed by atoms with Gasteiger partial charge >= 0.3 is 0 Å². The molecule has 1 fully saturated rings. The van der Waals surface area contributed by atoms with Gasteiger partial charge in [0.25, 0.3) is 0 Å². The van der Waals surface area contributed by atoms with Crippen LogP contribution in [0.3, 0.4) is 0 Å². The van der Waals surface area contributed by atoms with Crippen LogP contribution in [0.2, 0.25) is 0 Å². The van der Waals surface area contributed by atoms with E-state index < -0.39 is 0 Å². The number of nitrogens with one attached hydrogen (secondary N) is 2. The van der Waals surface area contributed by atoms with Gasteiger partial charge in [-0.2, -0.15) is 0 Å². The quantitative estimate of drug-likeness (QED) is 0.810. The van der Waals surface area contributed by atoms with Gasteiger partial charge in [0.15, 0.2) is 0 Å². The largest absolute Gasteiger partial charge is 0.350 e. The summed E-state index contributed by atoms with van der Waals surface area (Å²) < 4.78 is 0. The summed E-state index contributed by atoms with van der Waals surface area (Å²) in [5.74, 6) is 0.0990. The minimum Gasteiger partial charge on any atom is -0.350 e. The van der Waals surface area contributed by atoms with Crippen molar-refractivity contribution in [1.29, 1.82) is 0 Å². The highest BCUT2D eigenvalue weighted by molar-refractivity contribution is 5.81. The van der Waals surface area contributed by atoms with E-state index in [1.165, 1.54) is 32.1 Å². The van der Waals surface area contributed by atoms with Crippen molar-refractivity contribution in [1.82, 2.24) is 10.6 Å². The van der Waals surface area contributed by atoms with Crippen LogP contribution in [0.25, 0.3) is 0 Å². The molecule has 0 radical (unpaired) electrons. The third-order valence-electron chi connectivity index (χ3n) is 3.79. The lowest BCUT2D eigenvalue weighted by atomic mass is 9.75. The van der Waals surface area contributed by atoms with E-state index in [1.807, 2.05) is 27.7 Å². The summed E-state index contributed by atoms with van der Waals surface area (Å²) in [7, 11) is 0. The van der Waals surface area contributed by atoms with Crippen molar-refractivity contribution in [3.8, 4) is 0 Å². The standard InChI is InChI=1S/C15H30N2O/c1-12(13(18)17-14(2,3)4)16-11-15(5)9-7-6-8-10-15/h12,16H,6-11H2,1-5H3,(H,17,18). The summed E-state index contributed by atoms with van der Waals surface area (Å²) in [4.78, 5) is 12.0. The van der Waals surface area contributed by atoms with E-state index in [-0.39, 0.29) is 17.5 Å². The zero-order valence-electron chi connectivity index (χ0n) is 12.7. The molecule has 0 aliphatic heterocycles. The Kier molecular flexibility index (Phi) is 5.20. The summed E-state index contributed by atoms with van der Waals surface area (Å²) in [5.41, 5.74) is 0.232. The van der Waals surface area contributed by atoms with Crippen LogP contribution < -0.4 is 10.6 Å². The van der Waals surface area contributed by atoms with Gasteiger partial charge in [0.05, 0.1) is 6.04 Å². The molecule has 0 aromatic heterocycles. The van der Waals surface area contributed by atoms with Gasteiger partial charge in [-0.1, -0.05) is 26.2 Å². The van der Waals surface area contributed by atoms with Gasteiger partial charge < -0.3 is 10.6 Å². The molecule has 0 saturated heterocycles. The summed E-state index contributed by atoms with van der Waals surface area (Å²) in [6.45, 7) is 11.3. The van der Waals surface area contributed by atoms with E-state index in [2.05, 4.69) is 17.6 Å². The molecule has 1 amide bonds. The van der Waals surface area contributed by atoms with E-state index in [0.29, 0.717) is 5.41 Å². The third kappa shape index (κ3) is 5.38. The van der Waals surface area contributed by atoms with E-state index in [0.717, 1.165) is 6.54 Å². The van der Waals surface area contributed by atoms with E-state index in [9.17, 15) is 4.79 Å². The molecule has 1 aliphatic rings. The third-order valence-corrected chi connectivity index (χ3v) is 3.79. The van der Waals surface area contributed by atoms with Crippen molar-refractivity contribution in [3.63, 3.8) is 0 Å². The molecule has 0 aromatic rings. The summed E-state index contributed by atoms with van der Waals surface area (Å²) in [5, 5.41) is 6.42. The van der Waals surface area contributed by atoms with Crippen LogP contribution in [0.15, 0.2) is 0 Å². The fraction of sp³-hybridized carbons (Fsp3) is 0.933. The number of hydrogen-bond donors (Lipinski definition) is 2. The number of hydrogen-bond acceptors (Lipinski definition) is 2. The Morgan fingerprint density at radius 2 is 1.78 bits per heavy atom. The fourth-order valence-corrected chi connectivity index (χ4v) is 2.55.